The molecule has 3 rings (SSSR count). The molecule has 0 saturated carbocycles. The average molecular weight is 421 g/mol. The summed E-state index contributed by atoms with van der Waals surface area (Å²) >= 11 is 6.79. The Morgan fingerprint density at radius 2 is 1.50 bits per heavy atom. The van der Waals surface area contributed by atoms with Gasteiger partial charge in [-0.3, -0.25) is 4.79 Å². The van der Waals surface area contributed by atoms with E-state index in [1.807, 2.05) is 48.5 Å². The zero-order valence-electron chi connectivity index (χ0n) is 11.4. The van der Waals surface area contributed by atoms with E-state index in [2.05, 4.69) is 47.0 Å². The summed E-state index contributed by atoms with van der Waals surface area (Å²) in [6, 6.07) is 15.5. The fourth-order valence-corrected chi connectivity index (χ4v) is 2.54. The molecule has 0 saturated heterocycles. The van der Waals surface area contributed by atoms with Gasteiger partial charge in [0, 0.05) is 20.9 Å². The molecule has 0 aliphatic carbocycles. The minimum Gasteiger partial charge on any atom is -0.266 e. The lowest BCUT2D eigenvalue weighted by Crippen LogP contribution is -2.18. The van der Waals surface area contributed by atoms with Crippen LogP contribution in [0.25, 0.3) is 11.4 Å². The van der Waals surface area contributed by atoms with Crippen LogP contribution in [0.4, 0.5) is 0 Å². The summed E-state index contributed by atoms with van der Waals surface area (Å²) in [5, 5.41) is 6.55. The van der Waals surface area contributed by atoms with Crippen LogP contribution in [0.3, 0.4) is 0 Å². The Morgan fingerprint density at radius 3 is 2.14 bits per heavy atom. The average Bonchev–Trinajstić information content (AvgIpc) is 2.52. The Balaban J connectivity index is 1.94. The number of rotatable bonds is 3. The molecule has 2 aromatic carbocycles. The Labute approximate surface area is 143 Å². The van der Waals surface area contributed by atoms with E-state index >= 15 is 0 Å². The van der Waals surface area contributed by atoms with Crippen molar-refractivity contribution in [3.8, 4) is 11.4 Å². The molecule has 22 heavy (non-hydrogen) atoms. The molecule has 0 spiro atoms. The van der Waals surface area contributed by atoms with Crippen LogP contribution in [0.1, 0.15) is 11.3 Å². The summed E-state index contributed by atoms with van der Waals surface area (Å²) in [5.41, 5.74) is 2.07. The lowest BCUT2D eigenvalue weighted by Gasteiger charge is -2.04. The molecular weight excluding hydrogens is 410 g/mol. The van der Waals surface area contributed by atoms with Crippen molar-refractivity contribution in [3.63, 3.8) is 0 Å². The van der Waals surface area contributed by atoms with E-state index in [-0.39, 0.29) is 5.56 Å². The second kappa shape index (κ2) is 6.54. The van der Waals surface area contributed by atoms with Gasteiger partial charge < -0.3 is 0 Å². The highest BCUT2D eigenvalue weighted by Crippen LogP contribution is 2.18. The zero-order valence-corrected chi connectivity index (χ0v) is 14.6. The van der Waals surface area contributed by atoms with E-state index < -0.39 is 0 Å². The van der Waals surface area contributed by atoms with Gasteiger partial charge >= 0.3 is 0 Å². The van der Waals surface area contributed by atoms with E-state index in [9.17, 15) is 4.79 Å². The van der Waals surface area contributed by atoms with E-state index in [0.717, 1.165) is 20.1 Å². The number of nitrogens with zero attached hydrogens (tertiary/aromatic N) is 2. The maximum atomic E-state index is 11.9. The van der Waals surface area contributed by atoms with Crippen molar-refractivity contribution in [2.24, 2.45) is 0 Å². The lowest BCUT2D eigenvalue weighted by molar-refractivity contribution is 0.883. The number of benzene rings is 2. The molecule has 6 heteroatoms. The third-order valence-electron chi connectivity index (χ3n) is 3.15. The van der Waals surface area contributed by atoms with E-state index in [0.29, 0.717) is 17.9 Å². The molecule has 4 nitrogen and oxygen atoms in total. The van der Waals surface area contributed by atoms with Crippen LogP contribution in [0.5, 0.6) is 0 Å². The van der Waals surface area contributed by atoms with E-state index in [4.69, 9.17) is 0 Å². The first-order valence-electron chi connectivity index (χ1n) is 6.58. The predicted octanol–water partition coefficient (Wildman–Crippen LogP) is 3.95. The smallest absolute Gasteiger partial charge is 0.266 e. The standard InChI is InChI=1S/C16H11Br2N3O/c17-12-5-1-10(2-6-12)9-14-16(22)21-20-15(19-14)11-3-7-13(18)8-4-11/h1-8H,9H2,(H,21,22). The molecule has 1 aromatic heterocycles. The number of aromatic nitrogens is 3. The van der Waals surface area contributed by atoms with E-state index in [1.54, 1.807) is 0 Å². The van der Waals surface area contributed by atoms with Crippen LogP contribution in [0, 0.1) is 0 Å². The molecule has 0 aliphatic rings. The molecule has 0 bridgehead atoms. The molecule has 0 atom stereocenters. The van der Waals surface area contributed by atoms with Gasteiger partial charge in [-0.25, -0.2) is 10.1 Å². The third-order valence-corrected chi connectivity index (χ3v) is 4.21. The predicted molar refractivity (Wildman–Crippen MR) is 92.7 cm³/mol. The SMILES string of the molecule is O=c1[nH]nc(-c2ccc(Br)cc2)nc1Cc1ccc(Br)cc1. The molecule has 0 amide bonds. The summed E-state index contributed by atoms with van der Waals surface area (Å²) < 4.78 is 1.99. The largest absolute Gasteiger partial charge is 0.286 e. The summed E-state index contributed by atoms with van der Waals surface area (Å²) in [5.74, 6) is 0.513. The first-order valence-corrected chi connectivity index (χ1v) is 8.16. The topological polar surface area (TPSA) is 58.6 Å². The van der Waals surface area contributed by atoms with Gasteiger partial charge in [-0.05, 0) is 29.8 Å². The van der Waals surface area contributed by atoms with Gasteiger partial charge in [-0.1, -0.05) is 56.1 Å². The van der Waals surface area contributed by atoms with Crippen LogP contribution in [0.2, 0.25) is 0 Å². The lowest BCUT2D eigenvalue weighted by atomic mass is 10.1. The van der Waals surface area contributed by atoms with Gasteiger partial charge in [-0.2, -0.15) is 5.10 Å². The first kappa shape index (κ1) is 15.1. The highest BCUT2D eigenvalue weighted by Gasteiger charge is 2.08. The van der Waals surface area contributed by atoms with Crippen LogP contribution >= 0.6 is 31.9 Å². The van der Waals surface area contributed by atoms with Gasteiger partial charge in [-0.15, -0.1) is 0 Å². The van der Waals surface area contributed by atoms with Gasteiger partial charge in [0.2, 0.25) is 0 Å². The van der Waals surface area contributed by atoms with Crippen molar-refractivity contribution in [2.45, 2.75) is 6.42 Å². The highest BCUT2D eigenvalue weighted by atomic mass is 79.9. The molecule has 0 unspecified atom stereocenters. The summed E-state index contributed by atoms with van der Waals surface area (Å²) in [6.45, 7) is 0. The number of hydrogen-bond acceptors (Lipinski definition) is 3. The summed E-state index contributed by atoms with van der Waals surface area (Å²) in [7, 11) is 0. The summed E-state index contributed by atoms with van der Waals surface area (Å²) in [6.07, 6.45) is 0.467. The quantitative estimate of drug-likeness (QED) is 0.697. The van der Waals surface area contributed by atoms with Crippen molar-refractivity contribution in [3.05, 3.63) is 79.1 Å². The Bertz CT molecular complexity index is 843. The summed E-state index contributed by atoms with van der Waals surface area (Å²) in [4.78, 5) is 16.3. The van der Waals surface area contributed by atoms with Gasteiger partial charge in [0.15, 0.2) is 5.82 Å². The van der Waals surface area contributed by atoms with Crippen LogP contribution in [-0.2, 0) is 6.42 Å². The normalized spacial score (nSPS) is 10.6. The van der Waals surface area contributed by atoms with Crippen molar-refractivity contribution in [1.29, 1.82) is 0 Å². The third kappa shape index (κ3) is 3.51. The van der Waals surface area contributed by atoms with Gasteiger partial charge in [0.05, 0.1) is 0 Å². The highest BCUT2D eigenvalue weighted by molar-refractivity contribution is 9.10. The van der Waals surface area contributed by atoms with Crippen molar-refractivity contribution in [2.75, 3.05) is 0 Å². The number of nitrogens with one attached hydrogen (secondary N) is 1. The minimum absolute atomic E-state index is 0.260. The van der Waals surface area contributed by atoms with E-state index in [1.165, 1.54) is 0 Å². The number of halogens is 2. The fraction of sp³-hybridized carbons (Fsp3) is 0.0625. The Morgan fingerprint density at radius 1 is 0.909 bits per heavy atom. The Hall–Kier alpha value is -1.79. The van der Waals surface area contributed by atoms with Crippen LogP contribution < -0.4 is 5.56 Å². The number of aromatic amines is 1. The maximum absolute atomic E-state index is 11.9. The molecule has 1 N–H and O–H groups in total. The van der Waals surface area contributed by atoms with Gasteiger partial charge in [0.1, 0.15) is 5.69 Å². The van der Waals surface area contributed by atoms with Crippen LogP contribution in [0.15, 0.2) is 62.3 Å². The molecule has 1 heterocycles. The van der Waals surface area contributed by atoms with Crippen molar-refractivity contribution >= 4 is 31.9 Å². The van der Waals surface area contributed by atoms with Gasteiger partial charge in [0.25, 0.3) is 5.56 Å². The Kier molecular flexibility index (Phi) is 4.49. The second-order valence-electron chi connectivity index (χ2n) is 4.74. The second-order valence-corrected chi connectivity index (χ2v) is 6.58. The molecule has 110 valence electrons. The van der Waals surface area contributed by atoms with Crippen molar-refractivity contribution < 1.29 is 0 Å². The maximum Gasteiger partial charge on any atom is 0.286 e. The molecule has 0 radical (unpaired) electrons. The zero-order chi connectivity index (χ0) is 15.5. The molecule has 0 aliphatic heterocycles. The molecule has 0 fully saturated rings. The minimum atomic E-state index is -0.260. The molecular formula is C16H11Br2N3O. The monoisotopic (exact) mass is 419 g/mol. The fourth-order valence-electron chi connectivity index (χ4n) is 2.02. The molecule has 3 aromatic rings. The van der Waals surface area contributed by atoms with Crippen molar-refractivity contribution in [1.82, 2.24) is 15.2 Å². The number of hydrogen-bond donors (Lipinski definition) is 1. The van der Waals surface area contributed by atoms with Crippen LogP contribution in [-0.4, -0.2) is 15.2 Å². The number of H-pyrrole nitrogens is 1. The first-order chi connectivity index (χ1) is 10.6.